The van der Waals surface area contributed by atoms with Gasteiger partial charge in [-0.25, -0.2) is 4.85 Å². The number of nitro benzene ring substituents is 2. The van der Waals surface area contributed by atoms with Crippen molar-refractivity contribution in [3.05, 3.63) is 244 Å². The molecule has 0 aromatic heterocycles. The molecule has 0 aliphatic carbocycles. The van der Waals surface area contributed by atoms with Gasteiger partial charge in [-0.05, 0) is 168 Å². The number of hydrogen-bond donors (Lipinski definition) is 0. The third-order valence-corrected chi connectivity index (χ3v) is 12.7. The van der Waals surface area contributed by atoms with Crippen molar-refractivity contribution in [2.24, 2.45) is 0 Å². The number of rotatable bonds is 12. The van der Waals surface area contributed by atoms with Gasteiger partial charge in [0.15, 0.2) is 29.3 Å². The number of carbonyl (C=O) groups is 1. The molecule has 0 N–H and O–H groups in total. The molecule has 18 nitrogen and oxygen atoms in total. The van der Waals surface area contributed by atoms with E-state index in [4.69, 9.17) is 54.5 Å². The van der Waals surface area contributed by atoms with Gasteiger partial charge in [-0.15, -0.1) is 0 Å². The Bertz CT molecular complexity index is 3580. The zero-order valence-corrected chi connectivity index (χ0v) is 53.9. The monoisotopic (exact) mass is 1200 g/mol. The molecule has 0 radical (unpaired) electrons. The van der Waals surface area contributed by atoms with Gasteiger partial charge < -0.3 is 42.6 Å². The Kier molecular flexibility index (Phi) is 34.8. The van der Waals surface area contributed by atoms with Crippen molar-refractivity contribution in [3.63, 3.8) is 0 Å². The third kappa shape index (κ3) is 24.9. The Hall–Kier alpha value is -10.6. The average molecular weight is 1200 g/mol. The van der Waals surface area contributed by atoms with E-state index in [1.807, 2.05) is 114 Å². The normalized spacial score (nSPS) is 9.28. The van der Waals surface area contributed by atoms with Crippen molar-refractivity contribution in [2.75, 3.05) is 64.0 Å². The summed E-state index contributed by atoms with van der Waals surface area (Å²) in [6, 6.07) is 46.5. The number of nitrogens with zero attached hydrogens (tertiary/aromatic N) is 4. The van der Waals surface area contributed by atoms with Crippen LogP contribution in [0.2, 0.25) is 0 Å². The van der Waals surface area contributed by atoms with Crippen molar-refractivity contribution in [1.29, 1.82) is 5.26 Å². The first-order valence-corrected chi connectivity index (χ1v) is 27.1. The van der Waals surface area contributed by atoms with Crippen molar-refractivity contribution < 1.29 is 57.3 Å². The van der Waals surface area contributed by atoms with Crippen molar-refractivity contribution in [3.8, 4) is 57.8 Å². The zero-order valence-electron chi connectivity index (χ0n) is 53.9. The van der Waals surface area contributed by atoms with Crippen molar-refractivity contribution in [1.82, 2.24) is 0 Å². The van der Waals surface area contributed by atoms with Gasteiger partial charge in [0.2, 0.25) is 5.69 Å². The number of ether oxygens (including phenoxy) is 9. The van der Waals surface area contributed by atoms with Gasteiger partial charge in [-0.2, -0.15) is 5.26 Å². The van der Waals surface area contributed by atoms with Crippen LogP contribution >= 0.6 is 0 Å². The fourth-order valence-electron chi connectivity index (χ4n) is 7.60. The van der Waals surface area contributed by atoms with E-state index in [1.54, 1.807) is 105 Å². The van der Waals surface area contributed by atoms with Gasteiger partial charge in [0.25, 0.3) is 0 Å². The van der Waals surface area contributed by atoms with E-state index in [9.17, 15) is 25.0 Å². The first-order valence-electron chi connectivity index (χ1n) is 27.1. The van der Waals surface area contributed by atoms with E-state index in [2.05, 4.69) is 49.9 Å². The highest BCUT2D eigenvalue weighted by atomic mass is 16.6. The maximum atomic E-state index is 10.5. The molecule has 0 saturated carbocycles. The predicted molar refractivity (Wildman–Crippen MR) is 348 cm³/mol. The maximum Gasteiger partial charge on any atom is 0.313 e. The molecule has 0 aliphatic rings. The number of hydrogen-bond acceptors (Lipinski definition) is 15. The molecule has 0 aliphatic heterocycles. The van der Waals surface area contributed by atoms with E-state index in [-0.39, 0.29) is 11.4 Å². The molecule has 8 aromatic rings. The largest absolute Gasteiger partial charge is 0.508 e. The molecule has 466 valence electrons. The number of methoxy groups -OCH3 is 9. The summed E-state index contributed by atoms with van der Waals surface area (Å²) in [5.74, 6) is 6.05. The second-order valence-corrected chi connectivity index (χ2v) is 18.9. The van der Waals surface area contributed by atoms with E-state index < -0.39 is 9.85 Å². The summed E-state index contributed by atoms with van der Waals surface area (Å²) in [7, 11) is 14.2. The molecule has 0 saturated heterocycles. The van der Waals surface area contributed by atoms with Crippen LogP contribution in [0.4, 0.5) is 17.1 Å². The summed E-state index contributed by atoms with van der Waals surface area (Å²) in [5.41, 5.74) is 12.5. The van der Waals surface area contributed by atoms with Gasteiger partial charge in [0.05, 0.1) is 91.5 Å². The van der Waals surface area contributed by atoms with Gasteiger partial charge in [0, 0.05) is 11.6 Å². The van der Waals surface area contributed by atoms with Crippen LogP contribution in [0.15, 0.2) is 146 Å². The lowest BCUT2D eigenvalue weighted by Crippen LogP contribution is -1.95. The van der Waals surface area contributed by atoms with Crippen LogP contribution in [-0.2, 0) is 0 Å². The minimum atomic E-state index is -0.460. The fraction of sp³-hybridized carbons (Fsp3) is 0.271. The molecule has 8 rings (SSSR count). The highest BCUT2D eigenvalue weighted by molar-refractivity contribution is 5.81. The minimum absolute atomic E-state index is 0.00287. The number of benzene rings is 8. The van der Waals surface area contributed by atoms with Crippen LogP contribution in [-0.4, -0.2) is 80.1 Å². The van der Waals surface area contributed by atoms with Crippen LogP contribution in [0.5, 0.6) is 51.7 Å². The molecule has 0 heterocycles. The molecule has 0 amide bonds. The first kappa shape index (κ1) is 75.4. The molecule has 0 spiro atoms. The summed E-state index contributed by atoms with van der Waals surface area (Å²) >= 11 is 0. The second-order valence-electron chi connectivity index (χ2n) is 18.9. The van der Waals surface area contributed by atoms with Crippen LogP contribution in [0.3, 0.4) is 0 Å². The SMILES string of the molecule is COc1cc(C)ccc1C.COc1cc(C)ccc1[N+](=O)[O-].COc1ccc(C)cc1OC.COc1cccc(C)c1C.COc1cccc(C)c1C#N.COc1cccc(C)c1C=O.COc1cccc(C)c1[N+](=O)[O-].[C-]#[N+]c1ccc(C)cc1OC. The summed E-state index contributed by atoms with van der Waals surface area (Å²) in [6.45, 7) is 26.3. The van der Waals surface area contributed by atoms with Crippen molar-refractivity contribution >= 4 is 23.3 Å². The topological polar surface area (TPSA) is 215 Å². The average Bonchev–Trinajstić information content (AvgIpc) is 3.54. The number of aldehydes is 1. The number of nitriles is 1. The number of aryl methyl sites for hydroxylation is 9. The molecule has 8 aromatic carbocycles. The van der Waals surface area contributed by atoms with E-state index in [0.29, 0.717) is 51.1 Å². The van der Waals surface area contributed by atoms with E-state index >= 15 is 0 Å². The highest BCUT2D eigenvalue weighted by Gasteiger charge is 2.17. The van der Waals surface area contributed by atoms with Crippen LogP contribution < -0.4 is 42.6 Å². The zero-order chi connectivity index (χ0) is 66.5. The Morgan fingerprint density at radius 2 is 0.818 bits per heavy atom. The summed E-state index contributed by atoms with van der Waals surface area (Å²) in [4.78, 5) is 33.9. The Morgan fingerprint density at radius 1 is 0.409 bits per heavy atom. The van der Waals surface area contributed by atoms with Crippen LogP contribution in [0.1, 0.15) is 71.6 Å². The lowest BCUT2D eigenvalue weighted by molar-refractivity contribution is -0.386. The van der Waals surface area contributed by atoms with E-state index in [0.717, 1.165) is 51.5 Å². The van der Waals surface area contributed by atoms with Crippen LogP contribution in [0, 0.1) is 107 Å². The summed E-state index contributed by atoms with van der Waals surface area (Å²) < 4.78 is 45.1. The minimum Gasteiger partial charge on any atom is -0.508 e. The number of para-hydroxylation sites is 1. The Balaban J connectivity index is 0.000000503. The maximum absolute atomic E-state index is 10.5. The lowest BCUT2D eigenvalue weighted by Gasteiger charge is -2.06. The Morgan fingerprint density at radius 3 is 1.24 bits per heavy atom. The molecule has 0 unspecified atom stereocenters. The number of carbonyl (C=O) groups excluding carboxylic acids is 1. The van der Waals surface area contributed by atoms with Gasteiger partial charge in [0.1, 0.15) is 34.8 Å². The molecular weight excluding hydrogens is 1120 g/mol. The molecule has 0 atom stereocenters. The molecule has 0 fully saturated rings. The van der Waals surface area contributed by atoms with E-state index in [1.165, 1.54) is 48.1 Å². The third-order valence-electron chi connectivity index (χ3n) is 12.7. The predicted octanol–water partition coefficient (Wildman–Crippen LogP) is 16.7. The summed E-state index contributed by atoms with van der Waals surface area (Å²) in [5, 5.41) is 29.6. The molecule has 18 heteroatoms. The lowest BCUT2D eigenvalue weighted by atomic mass is 10.1. The summed E-state index contributed by atoms with van der Waals surface area (Å²) in [6.07, 6.45) is 0.814. The first-order chi connectivity index (χ1) is 41.9. The van der Waals surface area contributed by atoms with Crippen molar-refractivity contribution in [2.45, 2.75) is 69.2 Å². The standard InChI is InChI=1S/2C9H9NO.C9H12O2.C9H10O2.2C9H12O.2C8H9NO3/c1-7-4-5-8(10-2)9(6-7)11-3;1-7-4-3-5-9(11-2)8(7)6-10;1-7-4-5-8(10-2)9(6-7)11-3;1-7-4-3-5-9(11-2)8(7)6-10;1-7-4-5-8(2)9(6-7)10-3;1-7-5-4-6-9(10-3)8(7)2;1-6-3-4-7(9(10)11)8(5-6)12-2;1-6-4-3-5-7(12-2)8(6)9(10)11/h4-6H,1,3H3;3-5H,1-2H3;4-6H,1-3H3;3-6H,1-2H3;2*4-6H,1-3H3;2*3-5H,1-2H3. The highest BCUT2D eigenvalue weighted by Crippen LogP contribution is 2.31. The Labute approximate surface area is 518 Å². The van der Waals surface area contributed by atoms with Gasteiger partial charge in [-0.1, -0.05) is 90.5 Å². The number of nitro groups is 2. The fourth-order valence-corrected chi connectivity index (χ4v) is 7.60. The van der Waals surface area contributed by atoms with Gasteiger partial charge >= 0.3 is 11.4 Å². The quantitative estimate of drug-likeness (QED) is 0.0481. The smallest absolute Gasteiger partial charge is 0.313 e. The molecular formula is C70H82N4O14. The van der Waals surface area contributed by atoms with Crippen LogP contribution in [0.25, 0.3) is 4.85 Å². The second kappa shape index (κ2) is 40.6. The molecule has 88 heavy (non-hydrogen) atoms. The van der Waals surface area contributed by atoms with Gasteiger partial charge in [-0.3, -0.25) is 25.0 Å². The molecule has 0 bridgehead atoms.